The summed E-state index contributed by atoms with van der Waals surface area (Å²) in [7, 11) is 1.69. The van der Waals surface area contributed by atoms with Crippen molar-refractivity contribution in [2.24, 2.45) is 10.9 Å². The number of amidine groups is 1. The first-order valence-electron chi connectivity index (χ1n) is 5.45. The van der Waals surface area contributed by atoms with Gasteiger partial charge in [-0.15, -0.1) is 0 Å². The Bertz CT molecular complexity index is 462. The smallest absolute Gasteiger partial charge is 0.254 e. The minimum atomic E-state index is -0.152. The molecule has 1 aromatic rings. The van der Waals surface area contributed by atoms with Gasteiger partial charge >= 0.3 is 0 Å². The molecule has 1 rings (SSSR count). The van der Waals surface area contributed by atoms with Crippen LogP contribution in [0.3, 0.4) is 0 Å². The lowest BCUT2D eigenvalue weighted by atomic mass is 10.1. The molecule has 6 heteroatoms. The molecule has 1 aromatic carbocycles. The van der Waals surface area contributed by atoms with Gasteiger partial charge in [0.05, 0.1) is 5.56 Å². The van der Waals surface area contributed by atoms with Crippen LogP contribution in [-0.2, 0) is 0 Å². The average Bonchev–Trinajstić information content (AvgIpc) is 2.37. The molecule has 0 aliphatic rings. The summed E-state index contributed by atoms with van der Waals surface area (Å²) in [5, 5.41) is 11.4. The van der Waals surface area contributed by atoms with Crippen molar-refractivity contribution < 1.29 is 10.0 Å². The maximum atomic E-state index is 12.2. The number of rotatable bonds is 4. The van der Waals surface area contributed by atoms with Crippen molar-refractivity contribution in [2.75, 3.05) is 7.05 Å². The summed E-state index contributed by atoms with van der Waals surface area (Å²) in [5.74, 6) is -0.00464. The summed E-state index contributed by atoms with van der Waals surface area (Å²) in [6.07, 6.45) is 0.323. The summed E-state index contributed by atoms with van der Waals surface area (Å²) in [6.45, 7) is 1.84. The number of benzene rings is 1. The van der Waals surface area contributed by atoms with Crippen LogP contribution < -0.4 is 5.73 Å². The number of oxime groups is 1. The van der Waals surface area contributed by atoms with Crippen LogP contribution in [0, 0.1) is 0 Å². The largest absolute Gasteiger partial charge is 0.409 e. The van der Waals surface area contributed by atoms with Gasteiger partial charge in [-0.2, -0.15) is 0 Å². The molecule has 0 saturated heterocycles. The van der Waals surface area contributed by atoms with Gasteiger partial charge in [-0.3, -0.25) is 4.79 Å². The molecular formula is C12H16BrN3O2. The maximum Gasteiger partial charge on any atom is 0.254 e. The average molecular weight is 314 g/mol. The zero-order valence-electron chi connectivity index (χ0n) is 10.3. The molecule has 1 amide bonds. The highest BCUT2D eigenvalue weighted by molar-refractivity contribution is 9.10. The fourth-order valence-electron chi connectivity index (χ4n) is 1.51. The molecule has 0 aliphatic carbocycles. The van der Waals surface area contributed by atoms with E-state index in [2.05, 4.69) is 21.1 Å². The topological polar surface area (TPSA) is 78.9 Å². The van der Waals surface area contributed by atoms with E-state index in [-0.39, 0.29) is 17.8 Å². The lowest BCUT2D eigenvalue weighted by Gasteiger charge is -2.25. The fraction of sp³-hybridized carbons (Fsp3) is 0.333. The molecule has 1 atom stereocenters. The van der Waals surface area contributed by atoms with Crippen molar-refractivity contribution in [1.29, 1.82) is 0 Å². The van der Waals surface area contributed by atoms with Crippen molar-refractivity contribution in [3.63, 3.8) is 0 Å². The van der Waals surface area contributed by atoms with Gasteiger partial charge in [-0.25, -0.2) is 0 Å². The van der Waals surface area contributed by atoms with Gasteiger partial charge in [0.25, 0.3) is 5.91 Å². The van der Waals surface area contributed by atoms with E-state index in [1.165, 1.54) is 0 Å². The zero-order chi connectivity index (χ0) is 13.7. The lowest BCUT2D eigenvalue weighted by Crippen LogP contribution is -2.37. The van der Waals surface area contributed by atoms with E-state index in [0.29, 0.717) is 12.0 Å². The van der Waals surface area contributed by atoms with Crippen LogP contribution in [0.2, 0.25) is 0 Å². The highest BCUT2D eigenvalue weighted by atomic mass is 79.9. The summed E-state index contributed by atoms with van der Waals surface area (Å²) < 4.78 is 0.748. The van der Waals surface area contributed by atoms with Crippen molar-refractivity contribution in [2.45, 2.75) is 19.4 Å². The van der Waals surface area contributed by atoms with Crippen LogP contribution in [0.15, 0.2) is 33.9 Å². The molecule has 0 spiro atoms. The van der Waals surface area contributed by atoms with Crippen molar-refractivity contribution >= 4 is 27.7 Å². The van der Waals surface area contributed by atoms with Gasteiger partial charge < -0.3 is 15.8 Å². The number of halogens is 1. The monoisotopic (exact) mass is 313 g/mol. The molecule has 0 bridgehead atoms. The van der Waals surface area contributed by atoms with Crippen molar-refractivity contribution in [3.8, 4) is 0 Å². The number of hydrogen-bond acceptors (Lipinski definition) is 3. The molecule has 0 aromatic heterocycles. The number of carbonyl (C=O) groups excluding carboxylic acids is 1. The Labute approximate surface area is 114 Å². The highest BCUT2D eigenvalue weighted by Crippen LogP contribution is 2.18. The molecule has 0 aliphatic heterocycles. The third kappa shape index (κ3) is 3.46. The first-order chi connectivity index (χ1) is 8.47. The van der Waals surface area contributed by atoms with Gasteiger partial charge in [-0.1, -0.05) is 17.3 Å². The molecule has 1 unspecified atom stereocenters. The van der Waals surface area contributed by atoms with E-state index in [9.17, 15) is 4.79 Å². The number of carbonyl (C=O) groups is 1. The third-order valence-corrected chi connectivity index (χ3v) is 3.41. The van der Waals surface area contributed by atoms with Crippen LogP contribution in [0.5, 0.6) is 0 Å². The number of amides is 1. The van der Waals surface area contributed by atoms with Crippen LogP contribution in [0.1, 0.15) is 23.7 Å². The Balaban J connectivity index is 2.81. The second kappa shape index (κ2) is 6.39. The fourth-order valence-corrected chi connectivity index (χ4v) is 1.96. The zero-order valence-corrected chi connectivity index (χ0v) is 11.9. The van der Waals surface area contributed by atoms with Crippen LogP contribution in [0.25, 0.3) is 0 Å². The summed E-state index contributed by atoms with van der Waals surface area (Å²) in [4.78, 5) is 13.8. The molecule has 3 N–H and O–H groups in total. The van der Waals surface area contributed by atoms with Gasteiger partial charge in [-0.05, 0) is 35.0 Å². The molecule has 0 saturated carbocycles. The Morgan fingerprint density at radius 1 is 1.56 bits per heavy atom. The molecule has 5 nitrogen and oxygen atoms in total. The first kappa shape index (κ1) is 14.5. The quantitative estimate of drug-likeness (QED) is 0.386. The number of nitrogens with zero attached hydrogens (tertiary/aromatic N) is 2. The van der Waals surface area contributed by atoms with Crippen LogP contribution >= 0.6 is 15.9 Å². The predicted octanol–water partition coefficient (Wildman–Crippen LogP) is 2.05. The normalized spacial score (nSPS) is 13.2. The van der Waals surface area contributed by atoms with Gasteiger partial charge in [0.15, 0.2) is 0 Å². The second-order valence-corrected chi connectivity index (χ2v) is 4.89. The highest BCUT2D eigenvalue weighted by Gasteiger charge is 2.20. The number of hydrogen-bond donors (Lipinski definition) is 2. The molecular weight excluding hydrogens is 298 g/mol. The molecule has 98 valence electrons. The van der Waals surface area contributed by atoms with Gasteiger partial charge in [0.1, 0.15) is 5.84 Å². The van der Waals surface area contributed by atoms with E-state index in [1.807, 2.05) is 19.1 Å². The van der Waals surface area contributed by atoms with E-state index >= 15 is 0 Å². The summed E-state index contributed by atoms with van der Waals surface area (Å²) in [6, 6.07) is 7.07. The number of nitrogens with two attached hydrogens (primary N) is 1. The van der Waals surface area contributed by atoms with E-state index in [4.69, 9.17) is 10.9 Å². The Morgan fingerprint density at radius 2 is 2.17 bits per heavy atom. The van der Waals surface area contributed by atoms with Crippen LogP contribution in [0.4, 0.5) is 0 Å². The molecule has 0 radical (unpaired) electrons. The standard InChI is InChI=1S/C12H16BrN3O2/c1-8(7-11(14)15-18)16(2)12(17)9-5-3-4-6-10(9)13/h3-6,8,18H,7H2,1-2H3,(H2,14,15). The molecule has 0 heterocycles. The van der Waals surface area contributed by atoms with Crippen molar-refractivity contribution in [3.05, 3.63) is 34.3 Å². The molecule has 0 fully saturated rings. The second-order valence-electron chi connectivity index (χ2n) is 4.04. The minimum Gasteiger partial charge on any atom is -0.409 e. The van der Waals surface area contributed by atoms with E-state index in [1.54, 1.807) is 24.1 Å². The first-order valence-corrected chi connectivity index (χ1v) is 6.24. The van der Waals surface area contributed by atoms with E-state index < -0.39 is 0 Å². The van der Waals surface area contributed by atoms with E-state index in [0.717, 1.165) is 4.47 Å². The minimum absolute atomic E-state index is 0.106. The maximum absolute atomic E-state index is 12.2. The van der Waals surface area contributed by atoms with Crippen molar-refractivity contribution in [1.82, 2.24) is 4.90 Å². The Morgan fingerprint density at radius 3 is 2.72 bits per heavy atom. The Hall–Kier alpha value is -1.56. The molecule has 18 heavy (non-hydrogen) atoms. The van der Waals surface area contributed by atoms with Gasteiger partial charge in [0, 0.05) is 24.0 Å². The summed E-state index contributed by atoms with van der Waals surface area (Å²) >= 11 is 3.34. The predicted molar refractivity (Wildman–Crippen MR) is 73.7 cm³/mol. The lowest BCUT2D eigenvalue weighted by molar-refractivity contribution is 0.0746. The van der Waals surface area contributed by atoms with Gasteiger partial charge in [0.2, 0.25) is 0 Å². The van der Waals surface area contributed by atoms with Crippen LogP contribution in [-0.4, -0.2) is 34.9 Å². The summed E-state index contributed by atoms with van der Waals surface area (Å²) in [5.41, 5.74) is 6.02. The Kier molecular flexibility index (Phi) is 5.15. The third-order valence-electron chi connectivity index (χ3n) is 2.72. The SMILES string of the molecule is CC(CC(N)=NO)N(C)C(=O)c1ccccc1Br.